The first-order valence-corrected chi connectivity index (χ1v) is 40.8. The normalized spacial score (nSPS) is 12.6. The predicted molar refractivity (Wildman–Crippen MR) is 393 cm³/mol. The van der Waals surface area contributed by atoms with Crippen molar-refractivity contribution < 1.29 is 24.5 Å². The van der Waals surface area contributed by atoms with Crippen molar-refractivity contribution in [1.82, 2.24) is 5.32 Å². The molecule has 0 spiro atoms. The zero-order chi connectivity index (χ0) is 64.2. The summed E-state index contributed by atoms with van der Waals surface area (Å²) < 4.78 is 5.51. The van der Waals surface area contributed by atoms with E-state index in [4.69, 9.17) is 4.74 Å². The van der Waals surface area contributed by atoms with Crippen molar-refractivity contribution in [2.75, 3.05) is 13.2 Å². The van der Waals surface area contributed by atoms with E-state index >= 15 is 0 Å². The molecule has 1 amide bonds. The van der Waals surface area contributed by atoms with Crippen LogP contribution in [0.5, 0.6) is 0 Å². The number of unbranched alkanes of at least 4 members (excludes halogenated alkanes) is 62. The Morgan fingerprint density at radius 3 is 0.865 bits per heavy atom. The Bertz CT molecular complexity index is 1440. The standard InChI is InChI=1S/C83H159NO5/c1-3-5-7-9-11-13-15-17-19-21-23-24-25-34-37-40-43-47-51-55-59-63-67-71-75-81(86)80(79-85)84-82(87)76-72-68-64-60-56-52-48-44-41-38-35-32-30-28-26-27-29-31-33-36-39-42-46-50-54-58-62-66-70-74-78-89-83(88)77-73-69-65-61-57-53-49-45-22-20-18-16-14-12-10-8-6-4-2/h14,16,20,22,71,75,80-81,85-86H,3-13,15,17-19,21,23-70,72-74,76-79H2,1-2H3,(H,84,87)/b16-14-,22-20-,75-71+. The molecule has 0 radical (unpaired) electrons. The van der Waals surface area contributed by atoms with Crippen LogP contribution in [0, 0.1) is 0 Å². The lowest BCUT2D eigenvalue weighted by Gasteiger charge is -2.20. The first-order chi connectivity index (χ1) is 44.0. The third-order valence-corrected chi connectivity index (χ3v) is 19.2. The Labute approximate surface area is 557 Å². The van der Waals surface area contributed by atoms with Gasteiger partial charge >= 0.3 is 5.97 Å². The molecule has 0 aliphatic heterocycles. The van der Waals surface area contributed by atoms with Gasteiger partial charge in [0.2, 0.25) is 5.91 Å². The quantitative estimate of drug-likeness (QED) is 0.0320. The van der Waals surface area contributed by atoms with E-state index in [1.807, 2.05) is 6.08 Å². The molecule has 6 heteroatoms. The summed E-state index contributed by atoms with van der Waals surface area (Å²) in [7, 11) is 0. The molecule has 0 saturated heterocycles. The van der Waals surface area contributed by atoms with E-state index in [2.05, 4.69) is 43.5 Å². The molecule has 6 nitrogen and oxygen atoms in total. The Kier molecular flexibility index (Phi) is 76.8. The minimum atomic E-state index is -0.844. The van der Waals surface area contributed by atoms with Crippen LogP contribution in [0.3, 0.4) is 0 Å². The molecular formula is C83H159NO5. The van der Waals surface area contributed by atoms with E-state index < -0.39 is 12.1 Å². The van der Waals surface area contributed by atoms with Crippen LogP contribution in [0.15, 0.2) is 36.5 Å². The molecule has 0 bridgehead atoms. The number of ether oxygens (including phenoxy) is 1. The van der Waals surface area contributed by atoms with Crippen molar-refractivity contribution in [3.63, 3.8) is 0 Å². The Balaban J connectivity index is 3.36. The van der Waals surface area contributed by atoms with Crippen molar-refractivity contribution in [3.8, 4) is 0 Å². The number of carbonyl (C=O) groups is 2. The molecule has 0 rings (SSSR count). The highest BCUT2D eigenvalue weighted by Crippen LogP contribution is 2.20. The van der Waals surface area contributed by atoms with Gasteiger partial charge < -0.3 is 20.3 Å². The van der Waals surface area contributed by atoms with Gasteiger partial charge in [-0.15, -0.1) is 0 Å². The summed E-state index contributed by atoms with van der Waals surface area (Å²) in [5.74, 6) is -0.0456. The van der Waals surface area contributed by atoms with Crippen molar-refractivity contribution in [2.45, 2.75) is 469 Å². The summed E-state index contributed by atoms with van der Waals surface area (Å²) in [5.41, 5.74) is 0. The second kappa shape index (κ2) is 78.5. The topological polar surface area (TPSA) is 95.9 Å². The van der Waals surface area contributed by atoms with Crippen molar-refractivity contribution in [1.29, 1.82) is 0 Å². The van der Waals surface area contributed by atoms with Crippen molar-refractivity contribution >= 4 is 11.9 Å². The Hall–Kier alpha value is -1.92. The lowest BCUT2D eigenvalue weighted by molar-refractivity contribution is -0.143. The van der Waals surface area contributed by atoms with E-state index in [0.717, 1.165) is 51.4 Å². The zero-order valence-corrected chi connectivity index (χ0v) is 60.4. The minimum Gasteiger partial charge on any atom is -0.466 e. The summed E-state index contributed by atoms with van der Waals surface area (Å²) in [6.45, 7) is 4.94. The summed E-state index contributed by atoms with van der Waals surface area (Å²) in [4.78, 5) is 24.7. The number of hydrogen-bond acceptors (Lipinski definition) is 5. The maximum absolute atomic E-state index is 12.6. The molecule has 89 heavy (non-hydrogen) atoms. The summed E-state index contributed by atoms with van der Waals surface area (Å²) in [6, 6.07) is -0.627. The molecule has 0 aromatic rings. The number of allylic oxidation sites excluding steroid dienone is 5. The number of aliphatic hydroxyl groups is 2. The lowest BCUT2D eigenvalue weighted by atomic mass is 10.0. The molecule has 0 aromatic carbocycles. The first kappa shape index (κ1) is 87.1. The molecule has 2 unspecified atom stereocenters. The van der Waals surface area contributed by atoms with E-state index in [-0.39, 0.29) is 18.5 Å². The number of nitrogens with one attached hydrogen (secondary N) is 1. The molecule has 0 aliphatic rings. The Morgan fingerprint density at radius 1 is 0.315 bits per heavy atom. The van der Waals surface area contributed by atoms with Gasteiger partial charge in [-0.3, -0.25) is 9.59 Å². The summed E-state index contributed by atoms with van der Waals surface area (Å²) >= 11 is 0. The molecule has 0 aliphatic carbocycles. The average molecular weight is 1250 g/mol. The van der Waals surface area contributed by atoms with Gasteiger partial charge in [0, 0.05) is 12.8 Å². The van der Waals surface area contributed by atoms with Crippen LogP contribution < -0.4 is 5.32 Å². The fourth-order valence-electron chi connectivity index (χ4n) is 13.0. The van der Waals surface area contributed by atoms with Gasteiger partial charge in [-0.1, -0.05) is 416 Å². The van der Waals surface area contributed by atoms with Crippen LogP contribution in [0.1, 0.15) is 457 Å². The molecule has 2 atom stereocenters. The highest BCUT2D eigenvalue weighted by Gasteiger charge is 2.18. The third-order valence-electron chi connectivity index (χ3n) is 19.2. The van der Waals surface area contributed by atoms with Gasteiger partial charge in [0.05, 0.1) is 25.4 Å². The van der Waals surface area contributed by atoms with Gasteiger partial charge in [-0.25, -0.2) is 0 Å². The Morgan fingerprint density at radius 2 is 0.562 bits per heavy atom. The lowest BCUT2D eigenvalue weighted by Crippen LogP contribution is -2.45. The number of hydrogen-bond donors (Lipinski definition) is 3. The SMILES string of the molecule is CCCCCC/C=C\C/C=C\CCCCCCCCCC(=O)OCCCCCCCCCCCCCCCCCCCCCCCCCCCCCCCCC(=O)NC(CO)C(O)/C=C/CCCCCCCCCCCCCCCCCCCCCCCC. The van der Waals surface area contributed by atoms with Crippen molar-refractivity contribution in [3.05, 3.63) is 36.5 Å². The van der Waals surface area contributed by atoms with Crippen molar-refractivity contribution in [2.24, 2.45) is 0 Å². The molecule has 0 fully saturated rings. The molecule has 526 valence electrons. The molecular weight excluding hydrogens is 1090 g/mol. The van der Waals surface area contributed by atoms with E-state index in [0.29, 0.717) is 19.4 Å². The highest BCUT2D eigenvalue weighted by atomic mass is 16.5. The van der Waals surface area contributed by atoms with Crippen LogP contribution >= 0.6 is 0 Å². The van der Waals surface area contributed by atoms with E-state index in [1.54, 1.807) is 6.08 Å². The monoisotopic (exact) mass is 1250 g/mol. The number of aliphatic hydroxyl groups excluding tert-OH is 2. The average Bonchev–Trinajstić information content (AvgIpc) is 3.60. The number of esters is 1. The largest absolute Gasteiger partial charge is 0.466 e. The molecule has 0 saturated carbocycles. The number of rotatable bonds is 77. The summed E-state index contributed by atoms with van der Waals surface area (Å²) in [5, 5.41) is 23.3. The van der Waals surface area contributed by atoms with Crippen LogP contribution in [-0.2, 0) is 14.3 Å². The molecule has 0 heterocycles. The smallest absolute Gasteiger partial charge is 0.305 e. The van der Waals surface area contributed by atoms with Gasteiger partial charge in [0.25, 0.3) is 0 Å². The summed E-state index contributed by atoms with van der Waals surface area (Å²) in [6.07, 6.45) is 103. The molecule has 3 N–H and O–H groups in total. The van der Waals surface area contributed by atoms with Gasteiger partial charge in [-0.2, -0.15) is 0 Å². The fourth-order valence-corrected chi connectivity index (χ4v) is 13.0. The van der Waals surface area contributed by atoms with E-state index in [9.17, 15) is 19.8 Å². The maximum Gasteiger partial charge on any atom is 0.305 e. The van der Waals surface area contributed by atoms with Crippen LogP contribution in [0.4, 0.5) is 0 Å². The minimum absolute atomic E-state index is 0.0133. The third kappa shape index (κ3) is 75.0. The predicted octanol–water partition coefficient (Wildman–Crippen LogP) is 27.0. The fraction of sp³-hybridized carbons (Fsp3) is 0.904. The van der Waals surface area contributed by atoms with Gasteiger partial charge in [-0.05, 0) is 64.2 Å². The second-order valence-corrected chi connectivity index (χ2v) is 28.1. The zero-order valence-electron chi connectivity index (χ0n) is 60.4. The van der Waals surface area contributed by atoms with Crippen LogP contribution in [0.25, 0.3) is 0 Å². The number of amides is 1. The highest BCUT2D eigenvalue weighted by molar-refractivity contribution is 5.76. The van der Waals surface area contributed by atoms with Gasteiger partial charge in [0.1, 0.15) is 0 Å². The number of carbonyl (C=O) groups excluding carboxylic acids is 2. The van der Waals surface area contributed by atoms with Crippen LogP contribution in [-0.4, -0.2) is 47.4 Å². The maximum atomic E-state index is 12.6. The van der Waals surface area contributed by atoms with E-state index in [1.165, 1.54) is 379 Å². The second-order valence-electron chi connectivity index (χ2n) is 28.1. The van der Waals surface area contributed by atoms with Crippen LogP contribution in [0.2, 0.25) is 0 Å². The first-order valence-electron chi connectivity index (χ1n) is 40.8. The molecule has 0 aromatic heterocycles. The van der Waals surface area contributed by atoms with Gasteiger partial charge in [0.15, 0.2) is 0 Å².